The van der Waals surface area contributed by atoms with Gasteiger partial charge in [-0.1, -0.05) is 85.3 Å². The fraction of sp³-hybridized carbons (Fsp3) is 0.219. The van der Waals surface area contributed by atoms with Gasteiger partial charge in [-0.15, -0.1) is 0 Å². The van der Waals surface area contributed by atoms with Gasteiger partial charge in [-0.05, 0) is 47.2 Å². The molecule has 0 bridgehead atoms. The zero-order valence-electron chi connectivity index (χ0n) is 21.8. The van der Waals surface area contributed by atoms with E-state index in [1.165, 1.54) is 4.90 Å². The van der Waals surface area contributed by atoms with Crippen LogP contribution in [0.25, 0.3) is 10.8 Å². The smallest absolute Gasteiger partial charge is 0.259 e. The Morgan fingerprint density at radius 3 is 2.38 bits per heavy atom. The third-order valence-electron chi connectivity index (χ3n) is 7.00. The molecule has 1 heterocycles. The first-order valence-corrected chi connectivity index (χ1v) is 13.5. The molecule has 0 spiro atoms. The van der Waals surface area contributed by atoms with Crippen LogP contribution in [0.4, 0.5) is 5.69 Å². The van der Waals surface area contributed by atoms with Gasteiger partial charge in [-0.25, -0.2) is 0 Å². The van der Waals surface area contributed by atoms with E-state index in [0.29, 0.717) is 29.2 Å². The van der Waals surface area contributed by atoms with Crippen LogP contribution >= 0.6 is 11.6 Å². The molecule has 0 aliphatic carbocycles. The monoisotopic (exact) mass is 539 g/mol. The van der Waals surface area contributed by atoms with Crippen molar-refractivity contribution in [1.82, 2.24) is 10.2 Å². The van der Waals surface area contributed by atoms with E-state index in [0.717, 1.165) is 28.3 Å². The van der Waals surface area contributed by atoms with Gasteiger partial charge in [0.1, 0.15) is 12.6 Å². The molecule has 39 heavy (non-hydrogen) atoms. The summed E-state index contributed by atoms with van der Waals surface area (Å²) in [6, 6.07) is 27.5. The summed E-state index contributed by atoms with van der Waals surface area (Å²) in [5, 5.41) is 5.32. The molecule has 7 heteroatoms. The lowest BCUT2D eigenvalue weighted by molar-refractivity contribution is -0.140. The Labute approximate surface area is 233 Å². The molecule has 0 radical (unpaired) electrons. The number of hydrogen-bond acceptors (Lipinski definition) is 3. The number of nitrogens with zero attached hydrogens (tertiary/aromatic N) is 2. The molecule has 3 amide bonds. The van der Waals surface area contributed by atoms with Crippen molar-refractivity contribution >= 4 is 45.8 Å². The molecule has 0 saturated heterocycles. The number of halogens is 1. The highest BCUT2D eigenvalue weighted by molar-refractivity contribution is 6.30. The van der Waals surface area contributed by atoms with Crippen molar-refractivity contribution in [2.75, 3.05) is 18.0 Å². The van der Waals surface area contributed by atoms with Crippen molar-refractivity contribution in [3.63, 3.8) is 0 Å². The second-order valence-corrected chi connectivity index (χ2v) is 10.2. The zero-order valence-corrected chi connectivity index (χ0v) is 22.5. The van der Waals surface area contributed by atoms with Crippen molar-refractivity contribution in [3.05, 3.63) is 113 Å². The predicted octanol–water partition coefficient (Wildman–Crippen LogP) is 5.62. The topological polar surface area (TPSA) is 69.7 Å². The Hall–Kier alpha value is -4.16. The highest BCUT2D eigenvalue weighted by Crippen LogP contribution is 2.37. The molecule has 1 aliphatic heterocycles. The summed E-state index contributed by atoms with van der Waals surface area (Å²) >= 11 is 6.27. The highest BCUT2D eigenvalue weighted by Gasteiger charge is 2.35. The fourth-order valence-electron chi connectivity index (χ4n) is 5.11. The average Bonchev–Trinajstić information content (AvgIpc) is 3.22. The maximum Gasteiger partial charge on any atom is 0.259 e. The Morgan fingerprint density at radius 1 is 0.923 bits per heavy atom. The predicted molar refractivity (Wildman–Crippen MR) is 155 cm³/mol. The van der Waals surface area contributed by atoms with Crippen LogP contribution in [0.5, 0.6) is 0 Å². The van der Waals surface area contributed by atoms with E-state index in [-0.39, 0.29) is 30.8 Å². The van der Waals surface area contributed by atoms with Crippen LogP contribution in [0, 0.1) is 0 Å². The third-order valence-corrected chi connectivity index (χ3v) is 7.24. The summed E-state index contributed by atoms with van der Waals surface area (Å²) < 4.78 is 0. The van der Waals surface area contributed by atoms with Gasteiger partial charge in [0, 0.05) is 35.5 Å². The number of benzene rings is 4. The van der Waals surface area contributed by atoms with E-state index in [4.69, 9.17) is 11.6 Å². The van der Waals surface area contributed by atoms with E-state index in [9.17, 15) is 14.4 Å². The lowest BCUT2D eigenvalue weighted by Crippen LogP contribution is -2.53. The lowest BCUT2D eigenvalue weighted by Gasteiger charge is -2.33. The van der Waals surface area contributed by atoms with E-state index >= 15 is 0 Å². The van der Waals surface area contributed by atoms with Crippen molar-refractivity contribution in [3.8, 4) is 0 Å². The Morgan fingerprint density at radius 2 is 1.64 bits per heavy atom. The minimum Gasteiger partial charge on any atom is -0.354 e. The molecule has 5 rings (SSSR count). The number of anilines is 1. The van der Waals surface area contributed by atoms with Gasteiger partial charge in [0.05, 0.1) is 5.69 Å². The first kappa shape index (κ1) is 26.4. The number of carbonyl (C=O) groups is 3. The molecule has 0 fully saturated rings. The third kappa shape index (κ3) is 5.66. The second kappa shape index (κ2) is 11.7. The number of carbonyl (C=O) groups excluding carboxylic acids is 3. The molecular formula is C32H30ClN3O3. The molecule has 1 N–H and O–H groups in total. The SMILES string of the molecule is CCCNC(=O)C(Cc1ccccc1)N(Cc1cccc(Cl)c1)C(=O)CN1C(=O)c2cccc3cccc1c23. The fourth-order valence-corrected chi connectivity index (χ4v) is 5.33. The second-order valence-electron chi connectivity index (χ2n) is 9.72. The molecule has 4 aromatic carbocycles. The summed E-state index contributed by atoms with van der Waals surface area (Å²) in [5.74, 6) is -0.761. The van der Waals surface area contributed by atoms with Crippen LogP contribution in [0.3, 0.4) is 0 Å². The van der Waals surface area contributed by atoms with Crippen LogP contribution in [-0.4, -0.2) is 41.8 Å². The van der Waals surface area contributed by atoms with Crippen LogP contribution in [-0.2, 0) is 22.6 Å². The Balaban J connectivity index is 1.50. The lowest BCUT2D eigenvalue weighted by atomic mass is 10.0. The first-order valence-electron chi connectivity index (χ1n) is 13.2. The van der Waals surface area contributed by atoms with Gasteiger partial charge in [0.2, 0.25) is 11.8 Å². The van der Waals surface area contributed by atoms with E-state index in [1.54, 1.807) is 23.1 Å². The van der Waals surface area contributed by atoms with Crippen LogP contribution in [0.1, 0.15) is 34.8 Å². The summed E-state index contributed by atoms with van der Waals surface area (Å²) in [6.07, 6.45) is 1.11. The largest absolute Gasteiger partial charge is 0.354 e. The van der Waals surface area contributed by atoms with E-state index in [2.05, 4.69) is 5.32 Å². The maximum atomic E-state index is 14.1. The summed E-state index contributed by atoms with van der Waals surface area (Å²) in [4.78, 5) is 44.2. The standard InChI is InChI=1S/C32H30ClN3O3/c1-2-17-34-31(38)28(19-22-9-4-3-5-10-22)35(20-23-11-6-14-25(33)18-23)29(37)21-36-27-16-8-13-24-12-7-15-26(30(24)27)32(36)39/h3-16,18,28H,2,17,19-21H2,1H3,(H,34,38). The highest BCUT2D eigenvalue weighted by atomic mass is 35.5. The van der Waals surface area contributed by atoms with Crippen LogP contribution < -0.4 is 10.2 Å². The quantitative estimate of drug-likeness (QED) is 0.284. The van der Waals surface area contributed by atoms with Crippen LogP contribution in [0.2, 0.25) is 5.02 Å². The van der Waals surface area contributed by atoms with Gasteiger partial charge in [-0.2, -0.15) is 0 Å². The Kier molecular flexibility index (Phi) is 7.94. The Bertz CT molecular complexity index is 1520. The van der Waals surface area contributed by atoms with Gasteiger partial charge in [-0.3, -0.25) is 19.3 Å². The summed E-state index contributed by atoms with van der Waals surface area (Å²) in [5.41, 5.74) is 3.03. The van der Waals surface area contributed by atoms with Crippen LogP contribution in [0.15, 0.2) is 91.0 Å². The van der Waals surface area contributed by atoms with E-state index in [1.807, 2.05) is 79.7 Å². The van der Waals surface area contributed by atoms with E-state index < -0.39 is 6.04 Å². The number of nitrogens with one attached hydrogen (secondary N) is 1. The molecule has 0 aromatic heterocycles. The minimum atomic E-state index is -0.777. The molecule has 0 saturated carbocycles. The molecule has 1 aliphatic rings. The number of hydrogen-bond donors (Lipinski definition) is 1. The molecule has 1 atom stereocenters. The molecule has 198 valence electrons. The summed E-state index contributed by atoms with van der Waals surface area (Å²) in [6.45, 7) is 2.49. The number of amides is 3. The molecule has 1 unspecified atom stereocenters. The van der Waals surface area contributed by atoms with Crippen molar-refractivity contribution in [1.29, 1.82) is 0 Å². The molecule has 4 aromatic rings. The van der Waals surface area contributed by atoms with Gasteiger partial charge in [0.25, 0.3) is 5.91 Å². The average molecular weight is 540 g/mol. The van der Waals surface area contributed by atoms with Gasteiger partial charge >= 0.3 is 0 Å². The van der Waals surface area contributed by atoms with Crippen molar-refractivity contribution in [2.24, 2.45) is 0 Å². The minimum absolute atomic E-state index is 0.176. The van der Waals surface area contributed by atoms with Gasteiger partial charge in [0.15, 0.2) is 0 Å². The van der Waals surface area contributed by atoms with Gasteiger partial charge < -0.3 is 10.2 Å². The first-order chi connectivity index (χ1) is 19.0. The summed E-state index contributed by atoms with van der Waals surface area (Å²) in [7, 11) is 0. The maximum absolute atomic E-state index is 14.1. The molecule has 6 nitrogen and oxygen atoms in total. The van der Waals surface area contributed by atoms with Crippen molar-refractivity contribution < 1.29 is 14.4 Å². The van der Waals surface area contributed by atoms with Crippen molar-refractivity contribution in [2.45, 2.75) is 32.4 Å². The number of rotatable bonds is 10. The molecular weight excluding hydrogens is 510 g/mol. The normalized spacial score (nSPS) is 13.0. The zero-order chi connectivity index (χ0) is 27.4.